The highest BCUT2D eigenvalue weighted by Crippen LogP contribution is 2.17. The van der Waals surface area contributed by atoms with E-state index >= 15 is 0 Å². The predicted octanol–water partition coefficient (Wildman–Crippen LogP) is 3.75. The molecule has 1 aromatic rings. The first-order chi connectivity index (χ1) is 8.13. The molecule has 2 heteroatoms. The van der Waals surface area contributed by atoms with E-state index in [4.69, 9.17) is 4.74 Å². The van der Waals surface area contributed by atoms with Crippen LogP contribution in [0.5, 0.6) is 5.75 Å². The van der Waals surface area contributed by atoms with Crippen molar-refractivity contribution >= 4 is 0 Å². The third kappa shape index (κ3) is 4.39. The summed E-state index contributed by atoms with van der Waals surface area (Å²) in [6, 6.07) is 8.31. The van der Waals surface area contributed by atoms with Gasteiger partial charge in [-0.05, 0) is 44.4 Å². The van der Waals surface area contributed by atoms with Crippen LogP contribution >= 0.6 is 0 Å². The van der Waals surface area contributed by atoms with Gasteiger partial charge in [0.1, 0.15) is 5.75 Å². The number of hydrogen-bond donors (Lipinski definition) is 1. The van der Waals surface area contributed by atoms with Crippen LogP contribution < -0.4 is 10.1 Å². The zero-order valence-electron chi connectivity index (χ0n) is 11.5. The number of rotatable bonds is 7. The zero-order valence-corrected chi connectivity index (χ0v) is 11.5. The van der Waals surface area contributed by atoms with Gasteiger partial charge in [-0.3, -0.25) is 0 Å². The summed E-state index contributed by atoms with van der Waals surface area (Å²) < 4.78 is 5.50. The predicted molar refractivity (Wildman–Crippen MR) is 73.4 cm³/mol. The van der Waals surface area contributed by atoms with Gasteiger partial charge in [-0.15, -0.1) is 0 Å². The Hall–Kier alpha value is -1.02. The van der Waals surface area contributed by atoms with E-state index in [0.29, 0.717) is 0 Å². The van der Waals surface area contributed by atoms with Gasteiger partial charge in [-0.2, -0.15) is 0 Å². The fourth-order valence-corrected chi connectivity index (χ4v) is 1.73. The quantitative estimate of drug-likeness (QED) is 0.777. The van der Waals surface area contributed by atoms with Crippen LogP contribution in [0.1, 0.15) is 46.1 Å². The molecule has 0 aliphatic carbocycles. The van der Waals surface area contributed by atoms with E-state index in [9.17, 15) is 0 Å². The number of hydrogen-bond acceptors (Lipinski definition) is 2. The lowest BCUT2D eigenvalue weighted by Gasteiger charge is -2.28. The molecule has 0 fully saturated rings. The molecule has 0 spiro atoms. The van der Waals surface area contributed by atoms with Gasteiger partial charge in [-0.25, -0.2) is 0 Å². The average molecular weight is 235 g/mol. The molecule has 0 heterocycles. The molecule has 0 saturated carbocycles. The Bertz CT molecular complexity index is 331. The Kier molecular flexibility index (Phi) is 5.49. The standard InChI is InChI=1S/C15H25NO/c1-5-15(4,6-2)16-12-13-9-8-10-14(11-13)17-7-3/h8-11,16H,5-7,12H2,1-4H3. The molecule has 96 valence electrons. The lowest BCUT2D eigenvalue weighted by molar-refractivity contribution is 0.326. The second-order valence-corrected chi connectivity index (χ2v) is 4.70. The zero-order chi connectivity index (χ0) is 12.7. The first-order valence-corrected chi connectivity index (χ1v) is 6.60. The minimum absolute atomic E-state index is 0.238. The maximum atomic E-state index is 5.50. The Morgan fingerprint density at radius 2 is 1.88 bits per heavy atom. The Balaban J connectivity index is 2.59. The molecule has 0 aromatic heterocycles. The first-order valence-electron chi connectivity index (χ1n) is 6.60. The van der Waals surface area contributed by atoms with Gasteiger partial charge in [0.05, 0.1) is 6.61 Å². The maximum Gasteiger partial charge on any atom is 0.119 e. The second kappa shape index (κ2) is 6.65. The molecule has 1 rings (SSSR count). The van der Waals surface area contributed by atoms with Crippen molar-refractivity contribution in [2.45, 2.75) is 52.6 Å². The van der Waals surface area contributed by atoms with Crippen LogP contribution in [0.3, 0.4) is 0 Å². The van der Waals surface area contributed by atoms with Crippen LogP contribution in [-0.2, 0) is 6.54 Å². The number of nitrogens with one attached hydrogen (secondary N) is 1. The molecule has 0 saturated heterocycles. The van der Waals surface area contributed by atoms with Crippen molar-refractivity contribution in [1.29, 1.82) is 0 Å². The lowest BCUT2D eigenvalue weighted by atomic mass is 9.95. The fourth-order valence-electron chi connectivity index (χ4n) is 1.73. The van der Waals surface area contributed by atoms with E-state index in [1.54, 1.807) is 0 Å². The van der Waals surface area contributed by atoms with E-state index in [1.165, 1.54) is 5.56 Å². The average Bonchev–Trinajstić information content (AvgIpc) is 2.37. The van der Waals surface area contributed by atoms with Gasteiger partial charge in [-0.1, -0.05) is 26.0 Å². The highest BCUT2D eigenvalue weighted by atomic mass is 16.5. The fraction of sp³-hybridized carbons (Fsp3) is 0.600. The first kappa shape index (κ1) is 14.0. The molecule has 0 aliphatic rings. The van der Waals surface area contributed by atoms with Gasteiger partial charge >= 0.3 is 0 Å². The second-order valence-electron chi connectivity index (χ2n) is 4.70. The van der Waals surface area contributed by atoms with E-state index in [1.807, 2.05) is 13.0 Å². The molecule has 0 unspecified atom stereocenters. The molecule has 2 nitrogen and oxygen atoms in total. The van der Waals surface area contributed by atoms with Gasteiger partial charge in [0.25, 0.3) is 0 Å². The van der Waals surface area contributed by atoms with Crippen molar-refractivity contribution in [1.82, 2.24) is 5.32 Å². The van der Waals surface area contributed by atoms with Crippen molar-refractivity contribution in [2.75, 3.05) is 6.61 Å². The Labute approximate surface area is 105 Å². The van der Waals surface area contributed by atoms with E-state index < -0.39 is 0 Å². The summed E-state index contributed by atoms with van der Waals surface area (Å²) in [6.07, 6.45) is 2.29. The molecule has 17 heavy (non-hydrogen) atoms. The van der Waals surface area contributed by atoms with Gasteiger partial charge < -0.3 is 10.1 Å². The van der Waals surface area contributed by atoms with Crippen molar-refractivity contribution < 1.29 is 4.74 Å². The summed E-state index contributed by atoms with van der Waals surface area (Å²) in [5, 5.41) is 3.63. The summed E-state index contributed by atoms with van der Waals surface area (Å²) in [5.41, 5.74) is 1.52. The molecule has 1 N–H and O–H groups in total. The maximum absolute atomic E-state index is 5.50. The summed E-state index contributed by atoms with van der Waals surface area (Å²) >= 11 is 0. The third-order valence-electron chi connectivity index (χ3n) is 3.49. The van der Waals surface area contributed by atoms with E-state index in [0.717, 1.165) is 31.7 Å². The van der Waals surface area contributed by atoms with E-state index in [2.05, 4.69) is 44.3 Å². The summed E-state index contributed by atoms with van der Waals surface area (Å²) in [4.78, 5) is 0. The lowest BCUT2D eigenvalue weighted by Crippen LogP contribution is -2.40. The van der Waals surface area contributed by atoms with Crippen molar-refractivity contribution in [3.63, 3.8) is 0 Å². The van der Waals surface area contributed by atoms with Crippen LogP contribution in [0.2, 0.25) is 0 Å². The largest absolute Gasteiger partial charge is 0.494 e. The molecule has 0 amide bonds. The molecular weight excluding hydrogens is 210 g/mol. The molecule has 0 radical (unpaired) electrons. The van der Waals surface area contributed by atoms with Crippen LogP contribution in [0, 0.1) is 0 Å². The van der Waals surface area contributed by atoms with E-state index in [-0.39, 0.29) is 5.54 Å². The number of benzene rings is 1. The third-order valence-corrected chi connectivity index (χ3v) is 3.49. The Morgan fingerprint density at radius 1 is 1.18 bits per heavy atom. The Morgan fingerprint density at radius 3 is 2.47 bits per heavy atom. The van der Waals surface area contributed by atoms with Gasteiger partial charge in [0, 0.05) is 12.1 Å². The monoisotopic (exact) mass is 235 g/mol. The topological polar surface area (TPSA) is 21.3 Å². The van der Waals surface area contributed by atoms with Gasteiger partial charge in [0.15, 0.2) is 0 Å². The summed E-state index contributed by atoms with van der Waals surface area (Å²) in [7, 11) is 0. The number of ether oxygens (including phenoxy) is 1. The van der Waals surface area contributed by atoms with Crippen molar-refractivity contribution in [3.8, 4) is 5.75 Å². The summed E-state index contributed by atoms with van der Waals surface area (Å²) in [6.45, 7) is 10.4. The molecule has 1 aromatic carbocycles. The van der Waals surface area contributed by atoms with Gasteiger partial charge in [0.2, 0.25) is 0 Å². The van der Waals surface area contributed by atoms with Crippen LogP contribution in [0.15, 0.2) is 24.3 Å². The SMILES string of the molecule is CCOc1cccc(CNC(C)(CC)CC)c1. The highest BCUT2D eigenvalue weighted by molar-refractivity contribution is 5.28. The summed E-state index contributed by atoms with van der Waals surface area (Å²) in [5.74, 6) is 0.960. The smallest absolute Gasteiger partial charge is 0.119 e. The molecule has 0 atom stereocenters. The van der Waals surface area contributed by atoms with Crippen LogP contribution in [-0.4, -0.2) is 12.1 Å². The van der Waals surface area contributed by atoms with Crippen molar-refractivity contribution in [2.24, 2.45) is 0 Å². The minimum Gasteiger partial charge on any atom is -0.494 e. The van der Waals surface area contributed by atoms with Crippen molar-refractivity contribution in [3.05, 3.63) is 29.8 Å². The minimum atomic E-state index is 0.238. The molecular formula is C15H25NO. The molecule has 0 aliphatic heterocycles. The van der Waals surface area contributed by atoms with Crippen LogP contribution in [0.4, 0.5) is 0 Å². The van der Waals surface area contributed by atoms with Crippen LogP contribution in [0.25, 0.3) is 0 Å². The highest BCUT2D eigenvalue weighted by Gasteiger charge is 2.17. The normalized spacial score (nSPS) is 11.5. The molecule has 0 bridgehead atoms.